The molecular formula is C15H16N6S2. The van der Waals surface area contributed by atoms with Crippen LogP contribution in [0.4, 0.5) is 10.9 Å². The zero-order chi connectivity index (χ0) is 15.6. The Morgan fingerprint density at radius 3 is 2.43 bits per heavy atom. The van der Waals surface area contributed by atoms with E-state index in [1.165, 1.54) is 4.88 Å². The second-order valence-corrected chi connectivity index (χ2v) is 7.28. The summed E-state index contributed by atoms with van der Waals surface area (Å²) >= 11 is 3.36. The van der Waals surface area contributed by atoms with Gasteiger partial charge in [0.15, 0.2) is 10.8 Å². The summed E-state index contributed by atoms with van der Waals surface area (Å²) in [5, 5.41) is 21.2. The summed E-state index contributed by atoms with van der Waals surface area (Å²) in [6, 6.07) is 8.18. The highest BCUT2D eigenvalue weighted by atomic mass is 32.1. The van der Waals surface area contributed by atoms with Crippen LogP contribution in [-0.2, 0) is 0 Å². The Morgan fingerprint density at radius 1 is 0.913 bits per heavy atom. The summed E-state index contributed by atoms with van der Waals surface area (Å²) in [5.41, 5.74) is 0.947. The SMILES string of the molecule is Cc1ccc(N2CCN(c3nnc(-c4cccs4)s3)CC2)nn1. The molecule has 0 N–H and O–H groups in total. The van der Waals surface area contributed by atoms with Gasteiger partial charge in [0.2, 0.25) is 5.13 Å². The Hall–Kier alpha value is -2.06. The molecule has 1 aliphatic heterocycles. The number of piperazine rings is 1. The molecule has 1 fully saturated rings. The van der Waals surface area contributed by atoms with Crippen LogP contribution in [0, 0.1) is 6.92 Å². The number of hydrogen-bond acceptors (Lipinski definition) is 8. The maximum atomic E-state index is 4.36. The number of nitrogens with zero attached hydrogens (tertiary/aromatic N) is 6. The summed E-state index contributed by atoms with van der Waals surface area (Å²) in [4.78, 5) is 5.75. The first-order valence-electron chi connectivity index (χ1n) is 7.47. The van der Waals surface area contributed by atoms with Crippen molar-refractivity contribution in [2.75, 3.05) is 36.0 Å². The van der Waals surface area contributed by atoms with Crippen LogP contribution in [0.2, 0.25) is 0 Å². The largest absolute Gasteiger partial charge is 0.352 e. The van der Waals surface area contributed by atoms with E-state index < -0.39 is 0 Å². The molecule has 0 aliphatic carbocycles. The summed E-state index contributed by atoms with van der Waals surface area (Å²) in [5.74, 6) is 0.951. The molecule has 4 rings (SSSR count). The highest BCUT2D eigenvalue weighted by Crippen LogP contribution is 2.32. The van der Waals surface area contributed by atoms with Crippen LogP contribution >= 0.6 is 22.7 Å². The van der Waals surface area contributed by atoms with E-state index in [4.69, 9.17) is 0 Å². The van der Waals surface area contributed by atoms with Gasteiger partial charge in [-0.05, 0) is 30.5 Å². The zero-order valence-corrected chi connectivity index (χ0v) is 14.3. The fourth-order valence-corrected chi connectivity index (χ4v) is 4.22. The number of aryl methyl sites for hydroxylation is 1. The van der Waals surface area contributed by atoms with Crippen molar-refractivity contribution in [2.45, 2.75) is 6.92 Å². The van der Waals surface area contributed by atoms with E-state index in [9.17, 15) is 0 Å². The Kier molecular flexibility index (Phi) is 3.92. The standard InChI is InChI=1S/C15H16N6S2/c1-11-4-5-13(17-16-11)20-6-8-21(9-7-20)15-19-18-14(23-15)12-3-2-10-22-12/h2-5,10H,6-9H2,1H3. The monoisotopic (exact) mass is 344 g/mol. The lowest BCUT2D eigenvalue weighted by atomic mass is 10.3. The first kappa shape index (κ1) is 14.5. The van der Waals surface area contributed by atoms with Crippen molar-refractivity contribution < 1.29 is 0 Å². The molecule has 0 amide bonds. The molecule has 6 nitrogen and oxygen atoms in total. The number of hydrogen-bond donors (Lipinski definition) is 0. The van der Waals surface area contributed by atoms with Crippen molar-refractivity contribution in [1.29, 1.82) is 0 Å². The molecule has 118 valence electrons. The van der Waals surface area contributed by atoms with E-state index in [0.717, 1.165) is 47.8 Å². The van der Waals surface area contributed by atoms with Crippen LogP contribution in [0.5, 0.6) is 0 Å². The quantitative estimate of drug-likeness (QED) is 0.728. The molecule has 23 heavy (non-hydrogen) atoms. The Bertz CT molecular complexity index is 760. The van der Waals surface area contributed by atoms with Crippen molar-refractivity contribution in [3.63, 3.8) is 0 Å². The molecule has 4 heterocycles. The van der Waals surface area contributed by atoms with Crippen LogP contribution < -0.4 is 9.80 Å². The fraction of sp³-hybridized carbons (Fsp3) is 0.333. The van der Waals surface area contributed by atoms with Gasteiger partial charge < -0.3 is 9.80 Å². The molecule has 3 aromatic rings. The average molecular weight is 344 g/mol. The number of anilines is 2. The molecule has 1 aliphatic rings. The Labute approximate surface area is 142 Å². The predicted molar refractivity (Wildman–Crippen MR) is 94.4 cm³/mol. The zero-order valence-electron chi connectivity index (χ0n) is 12.7. The second kappa shape index (κ2) is 6.21. The van der Waals surface area contributed by atoms with E-state index in [2.05, 4.69) is 41.6 Å². The van der Waals surface area contributed by atoms with Crippen LogP contribution in [-0.4, -0.2) is 46.6 Å². The molecule has 0 unspecified atom stereocenters. The molecule has 0 saturated carbocycles. The fourth-order valence-electron chi connectivity index (χ4n) is 2.53. The van der Waals surface area contributed by atoms with Crippen molar-refractivity contribution in [1.82, 2.24) is 20.4 Å². The predicted octanol–water partition coefficient (Wildman–Crippen LogP) is 2.69. The first-order chi connectivity index (χ1) is 11.3. The summed E-state index contributed by atoms with van der Waals surface area (Å²) in [6.45, 7) is 5.65. The maximum absolute atomic E-state index is 4.36. The Balaban J connectivity index is 1.42. The van der Waals surface area contributed by atoms with Gasteiger partial charge >= 0.3 is 0 Å². The lowest BCUT2D eigenvalue weighted by Gasteiger charge is -2.34. The summed E-state index contributed by atoms with van der Waals surface area (Å²) < 4.78 is 0. The minimum Gasteiger partial charge on any atom is -0.352 e. The van der Waals surface area contributed by atoms with Crippen molar-refractivity contribution in [3.8, 4) is 9.88 Å². The molecule has 0 atom stereocenters. The lowest BCUT2D eigenvalue weighted by Crippen LogP contribution is -2.46. The van der Waals surface area contributed by atoms with Crippen molar-refractivity contribution >= 4 is 33.6 Å². The number of rotatable bonds is 3. The third-order valence-corrected chi connectivity index (χ3v) is 5.83. The van der Waals surface area contributed by atoms with Crippen molar-refractivity contribution in [3.05, 3.63) is 35.3 Å². The number of thiophene rings is 1. The maximum Gasteiger partial charge on any atom is 0.208 e. The second-order valence-electron chi connectivity index (χ2n) is 5.37. The van der Waals surface area contributed by atoms with Gasteiger partial charge in [0.1, 0.15) is 0 Å². The first-order valence-corrected chi connectivity index (χ1v) is 9.17. The van der Waals surface area contributed by atoms with E-state index in [-0.39, 0.29) is 0 Å². The third kappa shape index (κ3) is 3.04. The molecule has 3 aromatic heterocycles. The minimum absolute atomic E-state index is 0.922. The van der Waals surface area contributed by atoms with Gasteiger partial charge in [-0.25, -0.2) is 0 Å². The van der Waals surface area contributed by atoms with E-state index in [1.54, 1.807) is 22.7 Å². The molecule has 8 heteroatoms. The average Bonchev–Trinajstić information content (AvgIpc) is 3.27. The normalized spacial score (nSPS) is 15.2. The van der Waals surface area contributed by atoms with Gasteiger partial charge in [0.05, 0.1) is 10.6 Å². The van der Waals surface area contributed by atoms with E-state index >= 15 is 0 Å². The van der Waals surface area contributed by atoms with Gasteiger partial charge in [-0.1, -0.05) is 17.4 Å². The highest BCUT2D eigenvalue weighted by Gasteiger charge is 2.21. The van der Waals surface area contributed by atoms with Gasteiger partial charge in [-0.2, -0.15) is 5.10 Å². The van der Waals surface area contributed by atoms with Crippen LogP contribution in [0.1, 0.15) is 5.69 Å². The molecule has 0 radical (unpaired) electrons. The topological polar surface area (TPSA) is 58.0 Å². The molecule has 0 aromatic carbocycles. The van der Waals surface area contributed by atoms with Gasteiger partial charge in [0.25, 0.3) is 0 Å². The molecular weight excluding hydrogens is 328 g/mol. The van der Waals surface area contributed by atoms with Gasteiger partial charge in [-0.3, -0.25) is 0 Å². The third-order valence-electron chi connectivity index (χ3n) is 3.80. The van der Waals surface area contributed by atoms with Crippen LogP contribution in [0.25, 0.3) is 9.88 Å². The Morgan fingerprint density at radius 2 is 1.74 bits per heavy atom. The van der Waals surface area contributed by atoms with Gasteiger partial charge in [-0.15, -0.1) is 26.6 Å². The van der Waals surface area contributed by atoms with E-state index in [1.807, 2.05) is 25.1 Å². The lowest BCUT2D eigenvalue weighted by molar-refractivity contribution is 0.639. The van der Waals surface area contributed by atoms with Crippen LogP contribution in [0.15, 0.2) is 29.6 Å². The van der Waals surface area contributed by atoms with Gasteiger partial charge in [0, 0.05) is 26.2 Å². The molecule has 1 saturated heterocycles. The van der Waals surface area contributed by atoms with Crippen LogP contribution in [0.3, 0.4) is 0 Å². The number of aromatic nitrogens is 4. The smallest absolute Gasteiger partial charge is 0.208 e. The summed E-state index contributed by atoms with van der Waals surface area (Å²) in [6.07, 6.45) is 0. The molecule has 0 spiro atoms. The molecule has 0 bridgehead atoms. The summed E-state index contributed by atoms with van der Waals surface area (Å²) in [7, 11) is 0. The van der Waals surface area contributed by atoms with Crippen molar-refractivity contribution in [2.24, 2.45) is 0 Å². The van der Waals surface area contributed by atoms with E-state index in [0.29, 0.717) is 0 Å². The minimum atomic E-state index is 0.922. The highest BCUT2D eigenvalue weighted by molar-refractivity contribution is 7.22.